The molecule has 3 aromatic rings. The van der Waals surface area contributed by atoms with Gasteiger partial charge in [-0.1, -0.05) is 11.6 Å². The van der Waals surface area contributed by atoms with Crippen molar-refractivity contribution >= 4 is 34.1 Å². The number of rotatable bonds is 4. The van der Waals surface area contributed by atoms with Crippen LogP contribution in [0.4, 0.5) is 10.2 Å². The van der Waals surface area contributed by atoms with E-state index in [2.05, 4.69) is 15.3 Å². The van der Waals surface area contributed by atoms with E-state index in [1.165, 1.54) is 6.20 Å². The predicted octanol–water partition coefficient (Wildman–Crippen LogP) is 3.96. The molecule has 4 rings (SSSR count). The fraction of sp³-hybridized carbons (Fsp3) is 0.250. The first-order chi connectivity index (χ1) is 13.0. The number of halogens is 2. The van der Waals surface area contributed by atoms with Crippen LogP contribution in [0.2, 0.25) is 5.02 Å². The van der Waals surface area contributed by atoms with Crippen molar-refractivity contribution in [3.63, 3.8) is 0 Å². The largest absolute Gasteiger partial charge is 0.396 e. The van der Waals surface area contributed by atoms with E-state index >= 15 is 0 Å². The lowest BCUT2D eigenvalue weighted by Crippen LogP contribution is -2.16. The lowest BCUT2D eigenvalue weighted by atomic mass is 9.99. The summed E-state index contributed by atoms with van der Waals surface area (Å²) >= 11 is 6.24. The van der Waals surface area contributed by atoms with Gasteiger partial charge in [0.1, 0.15) is 11.6 Å². The van der Waals surface area contributed by atoms with Crippen molar-refractivity contribution in [3.05, 3.63) is 53.2 Å². The summed E-state index contributed by atoms with van der Waals surface area (Å²) in [5.74, 6) is -0.486. The highest BCUT2D eigenvalue weighted by Gasteiger charge is 2.42. The van der Waals surface area contributed by atoms with Crippen molar-refractivity contribution in [2.75, 3.05) is 11.9 Å². The van der Waals surface area contributed by atoms with Gasteiger partial charge in [0.25, 0.3) is 0 Å². The van der Waals surface area contributed by atoms with Gasteiger partial charge in [0.2, 0.25) is 5.91 Å². The number of nitrogens with zero attached hydrogens (tertiary/aromatic N) is 2. The molecule has 0 saturated heterocycles. The second-order valence-corrected chi connectivity index (χ2v) is 7.19. The number of aryl methyl sites for hydroxylation is 1. The number of anilines is 1. The Morgan fingerprint density at radius 1 is 1.37 bits per heavy atom. The summed E-state index contributed by atoms with van der Waals surface area (Å²) in [6, 6.07) is 5.16. The van der Waals surface area contributed by atoms with Gasteiger partial charge in [-0.05, 0) is 48.4 Å². The summed E-state index contributed by atoms with van der Waals surface area (Å²) in [5.41, 5.74) is 1.89. The van der Waals surface area contributed by atoms with E-state index in [9.17, 15) is 9.18 Å². The number of carbonyl (C=O) groups is 1. The minimum atomic E-state index is -0.525. The molecule has 2 aromatic heterocycles. The molecule has 0 spiro atoms. The first kappa shape index (κ1) is 17.8. The Bertz CT molecular complexity index is 1060. The third-order valence-corrected chi connectivity index (χ3v) is 5.35. The van der Waals surface area contributed by atoms with Crippen LogP contribution in [-0.4, -0.2) is 27.6 Å². The second kappa shape index (κ2) is 6.87. The van der Waals surface area contributed by atoms with Gasteiger partial charge in [-0.3, -0.25) is 9.78 Å². The molecule has 1 aliphatic rings. The molecular weight excluding hydrogens is 369 g/mol. The molecule has 2 N–H and O–H groups in total. The zero-order chi connectivity index (χ0) is 19.1. The lowest BCUT2D eigenvalue weighted by Gasteiger charge is -2.12. The van der Waals surface area contributed by atoms with Crippen LogP contribution in [0.3, 0.4) is 0 Å². The molecule has 5 nitrogen and oxygen atoms in total. The van der Waals surface area contributed by atoms with Crippen LogP contribution in [0.25, 0.3) is 21.9 Å². The molecule has 0 radical (unpaired) electrons. The average molecular weight is 386 g/mol. The molecule has 0 bridgehead atoms. The van der Waals surface area contributed by atoms with E-state index in [1.54, 1.807) is 30.6 Å². The number of pyridine rings is 2. The van der Waals surface area contributed by atoms with E-state index in [1.807, 2.05) is 6.92 Å². The van der Waals surface area contributed by atoms with Crippen LogP contribution < -0.4 is 5.32 Å². The average Bonchev–Trinajstić information content (AvgIpc) is 3.45. The van der Waals surface area contributed by atoms with Crippen LogP contribution >= 0.6 is 11.6 Å². The molecule has 7 heteroatoms. The summed E-state index contributed by atoms with van der Waals surface area (Å²) in [7, 11) is 0. The summed E-state index contributed by atoms with van der Waals surface area (Å²) in [6.07, 6.45) is 5.38. The summed E-state index contributed by atoms with van der Waals surface area (Å²) in [4.78, 5) is 20.4. The number of hydrogen-bond donors (Lipinski definition) is 2. The number of carbonyl (C=O) groups excluding carboxylic acids is 1. The Balaban J connectivity index is 1.73. The van der Waals surface area contributed by atoms with Gasteiger partial charge in [0.05, 0.1) is 5.02 Å². The molecule has 138 valence electrons. The van der Waals surface area contributed by atoms with Crippen molar-refractivity contribution in [2.24, 2.45) is 11.8 Å². The zero-order valence-electron chi connectivity index (χ0n) is 14.5. The highest BCUT2D eigenvalue weighted by Crippen LogP contribution is 2.39. The summed E-state index contributed by atoms with van der Waals surface area (Å²) in [5, 5.41) is 13.0. The molecule has 2 atom stereocenters. The Morgan fingerprint density at radius 2 is 2.19 bits per heavy atom. The SMILES string of the molecule is Cc1ccncc1-c1cc2cc(NC(=O)C3CC3CO)ncc2c(Cl)c1F. The van der Waals surface area contributed by atoms with E-state index < -0.39 is 5.82 Å². The molecule has 1 amide bonds. The quantitative estimate of drug-likeness (QED) is 0.712. The predicted molar refractivity (Wildman–Crippen MR) is 102 cm³/mol. The first-order valence-corrected chi connectivity index (χ1v) is 8.98. The maximum absolute atomic E-state index is 14.8. The number of aliphatic hydroxyl groups excluding tert-OH is 1. The van der Waals surface area contributed by atoms with Crippen molar-refractivity contribution < 1.29 is 14.3 Å². The van der Waals surface area contributed by atoms with Crippen LogP contribution in [-0.2, 0) is 4.79 Å². The molecule has 27 heavy (non-hydrogen) atoms. The minimum absolute atomic E-state index is 0.00590. The van der Waals surface area contributed by atoms with Crippen molar-refractivity contribution in [3.8, 4) is 11.1 Å². The fourth-order valence-corrected chi connectivity index (χ4v) is 3.49. The topological polar surface area (TPSA) is 75.1 Å². The number of amides is 1. The highest BCUT2D eigenvalue weighted by molar-refractivity contribution is 6.36. The fourth-order valence-electron chi connectivity index (χ4n) is 3.23. The van der Waals surface area contributed by atoms with Gasteiger partial charge < -0.3 is 10.4 Å². The van der Waals surface area contributed by atoms with Crippen molar-refractivity contribution in [1.82, 2.24) is 9.97 Å². The standard InChI is InChI=1S/C20H17ClFN3O2/c1-10-2-3-23-7-15(10)14-4-11-6-17(24-8-16(11)18(21)19(14)22)25-20(27)13-5-12(13)9-26/h2-4,6-8,12-13,26H,5,9H2,1H3,(H,24,25,27). The van der Waals surface area contributed by atoms with E-state index in [4.69, 9.17) is 16.7 Å². The maximum atomic E-state index is 14.8. The van der Waals surface area contributed by atoms with Gasteiger partial charge in [0.15, 0.2) is 0 Å². The number of aliphatic hydroxyl groups is 1. The normalized spacial score (nSPS) is 18.5. The smallest absolute Gasteiger partial charge is 0.229 e. The van der Waals surface area contributed by atoms with E-state index in [0.717, 1.165) is 5.56 Å². The molecule has 1 fully saturated rings. The molecule has 1 aliphatic carbocycles. The van der Waals surface area contributed by atoms with Gasteiger partial charge in [0, 0.05) is 47.6 Å². The van der Waals surface area contributed by atoms with Crippen LogP contribution in [0.5, 0.6) is 0 Å². The molecule has 2 unspecified atom stereocenters. The van der Waals surface area contributed by atoms with Crippen molar-refractivity contribution in [2.45, 2.75) is 13.3 Å². The number of benzene rings is 1. The highest BCUT2D eigenvalue weighted by atomic mass is 35.5. The lowest BCUT2D eigenvalue weighted by molar-refractivity contribution is -0.117. The second-order valence-electron chi connectivity index (χ2n) is 6.81. The third-order valence-electron chi connectivity index (χ3n) is 4.98. The maximum Gasteiger partial charge on any atom is 0.229 e. The van der Waals surface area contributed by atoms with Crippen LogP contribution in [0.15, 0.2) is 36.8 Å². The van der Waals surface area contributed by atoms with Gasteiger partial charge in [-0.2, -0.15) is 0 Å². The third kappa shape index (κ3) is 3.26. The summed E-state index contributed by atoms with van der Waals surface area (Å²) in [6.45, 7) is 1.88. The molecular formula is C20H17ClFN3O2. The Kier molecular flexibility index (Phi) is 4.53. The number of hydrogen-bond acceptors (Lipinski definition) is 4. The van der Waals surface area contributed by atoms with Gasteiger partial charge >= 0.3 is 0 Å². The first-order valence-electron chi connectivity index (χ1n) is 8.60. The van der Waals surface area contributed by atoms with Gasteiger partial charge in [-0.15, -0.1) is 0 Å². The Hall–Kier alpha value is -2.57. The van der Waals surface area contributed by atoms with Crippen molar-refractivity contribution in [1.29, 1.82) is 0 Å². The molecule has 2 heterocycles. The van der Waals surface area contributed by atoms with Gasteiger partial charge in [-0.25, -0.2) is 9.37 Å². The van der Waals surface area contributed by atoms with Crippen LogP contribution in [0, 0.1) is 24.6 Å². The monoisotopic (exact) mass is 385 g/mol. The van der Waals surface area contributed by atoms with Crippen LogP contribution in [0.1, 0.15) is 12.0 Å². The summed E-state index contributed by atoms with van der Waals surface area (Å²) < 4.78 is 14.8. The molecule has 0 aliphatic heterocycles. The zero-order valence-corrected chi connectivity index (χ0v) is 15.3. The Morgan fingerprint density at radius 3 is 2.89 bits per heavy atom. The number of aromatic nitrogens is 2. The Labute approximate surface area is 160 Å². The van der Waals surface area contributed by atoms with E-state index in [0.29, 0.717) is 34.1 Å². The molecule has 1 saturated carbocycles. The number of fused-ring (bicyclic) bond motifs is 1. The van der Waals surface area contributed by atoms with E-state index in [-0.39, 0.29) is 29.4 Å². The number of nitrogens with one attached hydrogen (secondary N) is 1. The minimum Gasteiger partial charge on any atom is -0.396 e. The molecule has 1 aromatic carbocycles.